The van der Waals surface area contributed by atoms with Crippen molar-refractivity contribution >= 4 is 5.78 Å². The van der Waals surface area contributed by atoms with Crippen LogP contribution in [0.2, 0.25) is 0 Å². The first-order valence-corrected chi connectivity index (χ1v) is 7.23. The van der Waals surface area contributed by atoms with E-state index in [-0.39, 0.29) is 28.3 Å². The molecule has 0 radical (unpaired) electrons. The molecule has 20 heavy (non-hydrogen) atoms. The quantitative estimate of drug-likeness (QED) is 0.771. The second-order valence-electron chi connectivity index (χ2n) is 7.09. The molecule has 0 unspecified atom stereocenters. The van der Waals surface area contributed by atoms with E-state index in [0.29, 0.717) is 5.56 Å². The van der Waals surface area contributed by atoms with Crippen molar-refractivity contribution < 1.29 is 13.9 Å². The van der Waals surface area contributed by atoms with Crippen LogP contribution in [-0.4, -0.2) is 12.9 Å². The maximum atomic E-state index is 13.9. The summed E-state index contributed by atoms with van der Waals surface area (Å²) in [5.41, 5.74) is 1.31. The fraction of sp³-hybridized carbons (Fsp3) is 0.588. The van der Waals surface area contributed by atoms with Crippen LogP contribution in [0.4, 0.5) is 4.39 Å². The number of Topliss-reactive ketones (excluding diaryl/α,β-unsaturated/α-hetero) is 1. The summed E-state index contributed by atoms with van der Waals surface area (Å²) >= 11 is 0. The van der Waals surface area contributed by atoms with Gasteiger partial charge < -0.3 is 4.74 Å². The molecule has 3 rings (SSSR count). The Morgan fingerprint density at radius 1 is 1.25 bits per heavy atom. The normalized spacial score (nSPS) is 30.9. The van der Waals surface area contributed by atoms with Crippen LogP contribution in [0.3, 0.4) is 0 Å². The molecule has 0 N–H and O–H groups in total. The molecule has 0 aliphatic heterocycles. The third-order valence-electron chi connectivity index (χ3n) is 5.37. The van der Waals surface area contributed by atoms with Crippen LogP contribution < -0.4 is 4.74 Å². The number of methoxy groups -OCH3 is 1. The lowest BCUT2D eigenvalue weighted by Crippen LogP contribution is -2.44. The fourth-order valence-electron chi connectivity index (χ4n) is 4.54. The van der Waals surface area contributed by atoms with Crippen molar-refractivity contribution in [1.29, 1.82) is 0 Å². The monoisotopic (exact) mass is 276 g/mol. The Hall–Kier alpha value is -1.38. The van der Waals surface area contributed by atoms with Crippen LogP contribution >= 0.6 is 0 Å². The average molecular weight is 276 g/mol. The third kappa shape index (κ3) is 1.58. The Balaban J connectivity index is 2.23. The molecule has 2 aliphatic carbocycles. The summed E-state index contributed by atoms with van der Waals surface area (Å²) < 4.78 is 19.0. The minimum Gasteiger partial charge on any atom is -0.494 e. The number of fused-ring (bicyclic) bond motifs is 3. The van der Waals surface area contributed by atoms with E-state index in [4.69, 9.17) is 4.74 Å². The first-order chi connectivity index (χ1) is 9.31. The van der Waals surface area contributed by atoms with Crippen molar-refractivity contribution in [1.82, 2.24) is 0 Å². The summed E-state index contributed by atoms with van der Waals surface area (Å²) in [5, 5.41) is 0. The highest BCUT2D eigenvalue weighted by atomic mass is 19.1. The number of benzene rings is 1. The lowest BCUT2D eigenvalue weighted by Gasteiger charge is -2.46. The van der Waals surface area contributed by atoms with E-state index in [0.717, 1.165) is 24.8 Å². The van der Waals surface area contributed by atoms with E-state index in [2.05, 4.69) is 20.8 Å². The van der Waals surface area contributed by atoms with Crippen molar-refractivity contribution in [2.75, 3.05) is 7.11 Å². The van der Waals surface area contributed by atoms with E-state index in [9.17, 15) is 9.18 Å². The molecular formula is C17H21FO2. The molecule has 0 saturated heterocycles. The number of rotatable bonds is 1. The first-order valence-electron chi connectivity index (χ1n) is 7.23. The van der Waals surface area contributed by atoms with Gasteiger partial charge in [0.2, 0.25) is 0 Å². The minimum atomic E-state index is -0.445. The predicted octanol–water partition coefficient (Wildman–Crippen LogP) is 4.11. The van der Waals surface area contributed by atoms with Gasteiger partial charge in [0, 0.05) is 16.9 Å². The van der Waals surface area contributed by atoms with Gasteiger partial charge >= 0.3 is 0 Å². The van der Waals surface area contributed by atoms with Gasteiger partial charge in [-0.1, -0.05) is 27.2 Å². The van der Waals surface area contributed by atoms with Crippen molar-refractivity contribution in [3.05, 3.63) is 29.1 Å². The SMILES string of the molecule is COc1cc2c(cc1F)C(=O)[C@H]1C(C)(C)CCC[C@@]21C. The number of carbonyl (C=O) groups is 1. The number of ketones is 1. The van der Waals surface area contributed by atoms with Gasteiger partial charge in [0.1, 0.15) is 0 Å². The van der Waals surface area contributed by atoms with Crippen LogP contribution in [0.15, 0.2) is 12.1 Å². The van der Waals surface area contributed by atoms with Crippen molar-refractivity contribution in [3.8, 4) is 5.75 Å². The van der Waals surface area contributed by atoms with E-state index >= 15 is 0 Å². The van der Waals surface area contributed by atoms with Gasteiger partial charge in [0.05, 0.1) is 7.11 Å². The van der Waals surface area contributed by atoms with Gasteiger partial charge in [0.25, 0.3) is 0 Å². The molecule has 0 heterocycles. The Bertz CT molecular complexity index is 591. The molecule has 3 heteroatoms. The molecule has 1 saturated carbocycles. The molecule has 2 aliphatic rings. The highest BCUT2D eigenvalue weighted by Gasteiger charge is 2.56. The Morgan fingerprint density at radius 2 is 1.95 bits per heavy atom. The van der Waals surface area contributed by atoms with E-state index in [1.54, 1.807) is 6.07 Å². The zero-order chi connectivity index (χ0) is 14.7. The number of carbonyl (C=O) groups excluding carboxylic acids is 1. The fourth-order valence-corrected chi connectivity index (χ4v) is 4.54. The highest BCUT2D eigenvalue weighted by Crippen LogP contribution is 2.58. The largest absolute Gasteiger partial charge is 0.494 e. The lowest BCUT2D eigenvalue weighted by atomic mass is 9.56. The van der Waals surface area contributed by atoms with Crippen LogP contribution in [0.5, 0.6) is 5.75 Å². The number of ether oxygens (including phenoxy) is 1. The van der Waals surface area contributed by atoms with E-state index in [1.807, 2.05) is 0 Å². The number of hydrogen-bond acceptors (Lipinski definition) is 2. The summed E-state index contributed by atoms with van der Waals surface area (Å²) in [4.78, 5) is 12.8. The standard InChI is InChI=1S/C17H21FO2/c1-16(2)6-5-7-17(3)11-9-13(20-4)12(18)8-10(11)14(19)15(16)17/h8-9,15H,5-7H2,1-4H3/t15-,17-/m0/s1. The van der Waals surface area contributed by atoms with Crippen LogP contribution in [-0.2, 0) is 5.41 Å². The zero-order valence-electron chi connectivity index (χ0n) is 12.5. The van der Waals surface area contributed by atoms with Crippen LogP contribution in [0.25, 0.3) is 0 Å². The van der Waals surface area contributed by atoms with Gasteiger partial charge in [-0.2, -0.15) is 0 Å². The van der Waals surface area contributed by atoms with Gasteiger partial charge in [0.15, 0.2) is 17.3 Å². The summed E-state index contributed by atoms with van der Waals surface area (Å²) in [5.74, 6) is -0.152. The maximum Gasteiger partial charge on any atom is 0.167 e. The Kier molecular flexibility index (Phi) is 2.76. The highest BCUT2D eigenvalue weighted by molar-refractivity contribution is 6.04. The molecule has 2 atom stereocenters. The van der Waals surface area contributed by atoms with Gasteiger partial charge in [-0.25, -0.2) is 4.39 Å². The zero-order valence-corrected chi connectivity index (χ0v) is 12.5. The van der Waals surface area contributed by atoms with Gasteiger partial charge in [-0.15, -0.1) is 0 Å². The summed E-state index contributed by atoms with van der Waals surface area (Å²) in [7, 11) is 1.46. The molecule has 2 nitrogen and oxygen atoms in total. The van der Waals surface area contributed by atoms with Crippen molar-refractivity contribution in [2.24, 2.45) is 11.3 Å². The smallest absolute Gasteiger partial charge is 0.167 e. The first kappa shape index (κ1) is 13.6. The minimum absolute atomic E-state index is 0.0349. The molecule has 1 fully saturated rings. The van der Waals surface area contributed by atoms with Crippen LogP contribution in [0, 0.1) is 17.2 Å². The molecule has 0 amide bonds. The second-order valence-corrected chi connectivity index (χ2v) is 7.09. The summed E-state index contributed by atoms with van der Waals surface area (Å²) in [6.07, 6.45) is 3.13. The maximum absolute atomic E-state index is 13.9. The Morgan fingerprint density at radius 3 is 2.60 bits per heavy atom. The molecule has 108 valence electrons. The molecule has 0 aromatic heterocycles. The van der Waals surface area contributed by atoms with E-state index < -0.39 is 5.82 Å². The van der Waals surface area contributed by atoms with Crippen molar-refractivity contribution in [2.45, 2.75) is 45.4 Å². The summed E-state index contributed by atoms with van der Waals surface area (Å²) in [6.45, 7) is 6.47. The molecule has 0 bridgehead atoms. The molecule has 1 aromatic rings. The molecule has 1 aromatic carbocycles. The van der Waals surface area contributed by atoms with Gasteiger partial charge in [-0.3, -0.25) is 4.79 Å². The number of hydrogen-bond donors (Lipinski definition) is 0. The lowest BCUT2D eigenvalue weighted by molar-refractivity contribution is 0.0500. The summed E-state index contributed by atoms with van der Waals surface area (Å²) in [6, 6.07) is 3.11. The van der Waals surface area contributed by atoms with Gasteiger partial charge in [-0.05, 0) is 36.0 Å². The Labute approximate surface area is 119 Å². The van der Waals surface area contributed by atoms with Crippen LogP contribution in [0.1, 0.15) is 56.0 Å². The molecule has 0 spiro atoms. The molecular weight excluding hydrogens is 255 g/mol. The second kappa shape index (κ2) is 4.06. The topological polar surface area (TPSA) is 26.3 Å². The van der Waals surface area contributed by atoms with E-state index in [1.165, 1.54) is 13.2 Å². The number of halogens is 1. The predicted molar refractivity (Wildman–Crippen MR) is 75.8 cm³/mol. The average Bonchev–Trinajstić information content (AvgIpc) is 2.57. The third-order valence-corrected chi connectivity index (χ3v) is 5.37. The van der Waals surface area contributed by atoms with Crippen molar-refractivity contribution in [3.63, 3.8) is 0 Å².